The summed E-state index contributed by atoms with van der Waals surface area (Å²) in [4.78, 5) is 13.5. The summed E-state index contributed by atoms with van der Waals surface area (Å²) in [6.07, 6.45) is 2.36. The van der Waals surface area contributed by atoms with E-state index in [0.29, 0.717) is 6.04 Å². The van der Waals surface area contributed by atoms with Gasteiger partial charge in [-0.15, -0.1) is 11.3 Å². The number of fused-ring (bicyclic) bond motifs is 1. The molecular weight excluding hydrogens is 316 g/mol. The molecule has 1 atom stereocenters. The zero-order valence-corrected chi connectivity index (χ0v) is 15.5. The molecule has 2 heterocycles. The lowest BCUT2D eigenvalue weighted by molar-refractivity contribution is 0.527. The molecule has 0 aliphatic heterocycles. The SMILES string of the molecule is Cc1nc(NC(C)CCC(C)C)cc(-c2ccc3ncsc3c2)n1. The number of rotatable bonds is 6. The molecule has 1 N–H and O–H groups in total. The van der Waals surface area contributed by atoms with Crippen molar-refractivity contribution in [3.63, 3.8) is 0 Å². The topological polar surface area (TPSA) is 50.7 Å². The lowest BCUT2D eigenvalue weighted by atomic mass is 10.0. The minimum Gasteiger partial charge on any atom is -0.367 e. The number of anilines is 1. The van der Waals surface area contributed by atoms with Gasteiger partial charge in [-0.1, -0.05) is 19.9 Å². The molecule has 2 aromatic heterocycles. The van der Waals surface area contributed by atoms with E-state index in [-0.39, 0.29) is 0 Å². The third-order valence-corrected chi connectivity index (χ3v) is 4.83. The molecule has 3 rings (SSSR count). The number of nitrogens with zero attached hydrogens (tertiary/aromatic N) is 3. The van der Waals surface area contributed by atoms with Crippen molar-refractivity contribution in [1.29, 1.82) is 0 Å². The van der Waals surface area contributed by atoms with Gasteiger partial charge in [0.05, 0.1) is 21.4 Å². The Morgan fingerprint density at radius 2 is 1.92 bits per heavy atom. The van der Waals surface area contributed by atoms with Crippen molar-refractivity contribution in [2.24, 2.45) is 5.92 Å². The van der Waals surface area contributed by atoms with Gasteiger partial charge in [-0.3, -0.25) is 0 Å². The maximum absolute atomic E-state index is 4.61. The molecule has 1 aromatic carbocycles. The number of thiazole rings is 1. The summed E-state index contributed by atoms with van der Waals surface area (Å²) in [5.74, 6) is 2.41. The predicted octanol–water partition coefficient (Wildman–Crippen LogP) is 5.30. The maximum atomic E-state index is 4.61. The summed E-state index contributed by atoms with van der Waals surface area (Å²) >= 11 is 1.65. The highest BCUT2D eigenvalue weighted by atomic mass is 32.1. The minimum atomic E-state index is 0.401. The normalized spacial score (nSPS) is 12.7. The van der Waals surface area contributed by atoms with Crippen LogP contribution in [-0.2, 0) is 0 Å². The van der Waals surface area contributed by atoms with Crippen LogP contribution in [-0.4, -0.2) is 21.0 Å². The Bertz CT molecular complexity index is 825. The Labute approximate surface area is 147 Å². The van der Waals surface area contributed by atoms with E-state index in [1.807, 2.05) is 18.5 Å². The van der Waals surface area contributed by atoms with Gasteiger partial charge < -0.3 is 5.32 Å². The molecular formula is C19H24N4S. The lowest BCUT2D eigenvalue weighted by Gasteiger charge is -2.16. The number of nitrogens with one attached hydrogen (secondary N) is 1. The third kappa shape index (κ3) is 4.09. The highest BCUT2D eigenvalue weighted by Gasteiger charge is 2.09. The van der Waals surface area contributed by atoms with Crippen molar-refractivity contribution in [3.8, 4) is 11.3 Å². The molecule has 0 spiro atoms. The number of hydrogen-bond donors (Lipinski definition) is 1. The second-order valence-electron chi connectivity index (χ2n) is 6.74. The van der Waals surface area contributed by atoms with Crippen LogP contribution in [0.15, 0.2) is 29.8 Å². The van der Waals surface area contributed by atoms with Gasteiger partial charge >= 0.3 is 0 Å². The van der Waals surface area contributed by atoms with Crippen molar-refractivity contribution in [3.05, 3.63) is 35.6 Å². The molecule has 0 saturated heterocycles. The molecule has 126 valence electrons. The van der Waals surface area contributed by atoms with Gasteiger partial charge in [0.2, 0.25) is 0 Å². The molecule has 0 saturated carbocycles. The van der Waals surface area contributed by atoms with Gasteiger partial charge in [0.1, 0.15) is 11.6 Å². The lowest BCUT2D eigenvalue weighted by Crippen LogP contribution is -2.17. The van der Waals surface area contributed by atoms with Crippen LogP contribution in [0.25, 0.3) is 21.5 Å². The number of benzene rings is 1. The first kappa shape index (κ1) is 16.8. The molecule has 0 fully saturated rings. The fraction of sp³-hybridized carbons (Fsp3) is 0.421. The second kappa shape index (κ2) is 7.26. The van der Waals surface area contributed by atoms with Crippen LogP contribution >= 0.6 is 11.3 Å². The highest BCUT2D eigenvalue weighted by molar-refractivity contribution is 7.16. The van der Waals surface area contributed by atoms with Gasteiger partial charge in [0, 0.05) is 17.7 Å². The molecule has 3 aromatic rings. The van der Waals surface area contributed by atoms with E-state index in [1.165, 1.54) is 11.1 Å². The zero-order chi connectivity index (χ0) is 17.1. The van der Waals surface area contributed by atoms with Crippen LogP contribution in [0.1, 0.15) is 39.4 Å². The van der Waals surface area contributed by atoms with Crippen molar-refractivity contribution < 1.29 is 0 Å². The van der Waals surface area contributed by atoms with E-state index in [4.69, 9.17) is 0 Å². The average Bonchev–Trinajstić information content (AvgIpc) is 3.00. The van der Waals surface area contributed by atoms with Crippen LogP contribution in [0.2, 0.25) is 0 Å². The molecule has 0 aliphatic carbocycles. The fourth-order valence-electron chi connectivity index (χ4n) is 2.71. The van der Waals surface area contributed by atoms with Crippen LogP contribution in [0.5, 0.6) is 0 Å². The summed E-state index contributed by atoms with van der Waals surface area (Å²) in [6, 6.07) is 8.73. The van der Waals surface area contributed by atoms with E-state index < -0.39 is 0 Å². The summed E-state index contributed by atoms with van der Waals surface area (Å²) in [7, 11) is 0. The first-order chi connectivity index (χ1) is 11.5. The molecule has 0 bridgehead atoms. The zero-order valence-electron chi connectivity index (χ0n) is 14.7. The monoisotopic (exact) mass is 340 g/mol. The summed E-state index contributed by atoms with van der Waals surface area (Å²) in [5.41, 5.74) is 4.98. The Balaban J connectivity index is 1.82. The Kier molecular flexibility index (Phi) is 5.09. The van der Waals surface area contributed by atoms with E-state index in [9.17, 15) is 0 Å². The summed E-state index contributed by atoms with van der Waals surface area (Å²) in [6.45, 7) is 8.67. The quantitative estimate of drug-likeness (QED) is 0.661. The molecule has 24 heavy (non-hydrogen) atoms. The number of aromatic nitrogens is 3. The largest absolute Gasteiger partial charge is 0.367 e. The maximum Gasteiger partial charge on any atom is 0.130 e. The van der Waals surface area contributed by atoms with Crippen molar-refractivity contribution in [2.45, 2.75) is 46.6 Å². The van der Waals surface area contributed by atoms with Gasteiger partial charge in [0.25, 0.3) is 0 Å². The molecule has 0 aliphatic rings. The van der Waals surface area contributed by atoms with Crippen molar-refractivity contribution in [2.75, 3.05) is 5.32 Å². The molecule has 0 amide bonds. The third-order valence-electron chi connectivity index (χ3n) is 4.04. The minimum absolute atomic E-state index is 0.401. The van der Waals surface area contributed by atoms with E-state index in [1.54, 1.807) is 11.3 Å². The number of aryl methyl sites for hydroxylation is 1. The van der Waals surface area contributed by atoms with E-state index in [0.717, 1.165) is 40.8 Å². The van der Waals surface area contributed by atoms with Crippen molar-refractivity contribution >= 4 is 27.4 Å². The predicted molar refractivity (Wildman–Crippen MR) is 103 cm³/mol. The van der Waals surface area contributed by atoms with E-state index >= 15 is 0 Å². The van der Waals surface area contributed by atoms with Crippen LogP contribution in [0.4, 0.5) is 5.82 Å². The van der Waals surface area contributed by atoms with E-state index in [2.05, 4.69) is 59.2 Å². The van der Waals surface area contributed by atoms with Gasteiger partial charge in [-0.25, -0.2) is 15.0 Å². The standard InChI is InChI=1S/C19H24N4S/c1-12(2)5-6-13(3)21-19-10-17(22-14(4)23-19)15-7-8-16-18(9-15)24-11-20-16/h7-13H,5-6H2,1-4H3,(H,21,22,23). The van der Waals surface area contributed by atoms with Crippen molar-refractivity contribution in [1.82, 2.24) is 15.0 Å². The average molecular weight is 340 g/mol. The van der Waals surface area contributed by atoms with Crippen LogP contribution < -0.4 is 5.32 Å². The second-order valence-corrected chi connectivity index (χ2v) is 7.62. The Morgan fingerprint density at radius 3 is 2.71 bits per heavy atom. The summed E-state index contributed by atoms with van der Waals surface area (Å²) in [5, 5.41) is 3.52. The first-order valence-electron chi connectivity index (χ1n) is 8.47. The molecule has 0 radical (unpaired) electrons. The Morgan fingerprint density at radius 1 is 1.08 bits per heavy atom. The van der Waals surface area contributed by atoms with Gasteiger partial charge in [-0.05, 0) is 44.7 Å². The molecule has 1 unspecified atom stereocenters. The molecule has 5 heteroatoms. The highest BCUT2D eigenvalue weighted by Crippen LogP contribution is 2.26. The fourth-order valence-corrected chi connectivity index (χ4v) is 3.43. The van der Waals surface area contributed by atoms with Crippen LogP contribution in [0.3, 0.4) is 0 Å². The summed E-state index contributed by atoms with van der Waals surface area (Å²) < 4.78 is 1.18. The number of hydrogen-bond acceptors (Lipinski definition) is 5. The van der Waals surface area contributed by atoms with Gasteiger partial charge in [-0.2, -0.15) is 0 Å². The first-order valence-corrected chi connectivity index (χ1v) is 9.35. The van der Waals surface area contributed by atoms with Gasteiger partial charge in [0.15, 0.2) is 0 Å². The van der Waals surface area contributed by atoms with Crippen LogP contribution in [0, 0.1) is 12.8 Å². The smallest absolute Gasteiger partial charge is 0.130 e. The Hall–Kier alpha value is -2.01. The molecule has 4 nitrogen and oxygen atoms in total.